The van der Waals surface area contributed by atoms with Crippen LogP contribution in [0.5, 0.6) is 5.75 Å². The van der Waals surface area contributed by atoms with Crippen molar-refractivity contribution in [1.29, 1.82) is 0 Å². The van der Waals surface area contributed by atoms with Crippen LogP contribution in [0, 0.1) is 0 Å². The van der Waals surface area contributed by atoms with Crippen LogP contribution in [-0.2, 0) is 6.54 Å². The molecular weight excluding hydrogens is 356 g/mol. The summed E-state index contributed by atoms with van der Waals surface area (Å²) in [5.74, 6) is 3.10. The number of hydrogen-bond acceptors (Lipinski definition) is 4. The molecule has 0 aromatic heterocycles. The SMILES string of the molecule is CCNC(=NCc1ccc(OCCCN(C)C)cc1)NCC1(C)CCCS1. The van der Waals surface area contributed by atoms with Crippen LogP contribution in [0.4, 0.5) is 0 Å². The number of thioether (sulfide) groups is 1. The fourth-order valence-electron chi connectivity index (χ4n) is 3.02. The molecule has 1 fully saturated rings. The highest BCUT2D eigenvalue weighted by atomic mass is 32.2. The quantitative estimate of drug-likeness (QED) is 0.363. The summed E-state index contributed by atoms with van der Waals surface area (Å²) >= 11 is 2.07. The van der Waals surface area contributed by atoms with Crippen LogP contribution in [0.2, 0.25) is 0 Å². The first-order valence-corrected chi connectivity index (χ1v) is 11.0. The lowest BCUT2D eigenvalue weighted by molar-refractivity contribution is 0.281. The summed E-state index contributed by atoms with van der Waals surface area (Å²) < 4.78 is 6.13. The summed E-state index contributed by atoms with van der Waals surface area (Å²) in [4.78, 5) is 6.91. The van der Waals surface area contributed by atoms with Crippen LogP contribution in [0.15, 0.2) is 29.3 Å². The van der Waals surface area contributed by atoms with Gasteiger partial charge in [-0.3, -0.25) is 0 Å². The summed E-state index contributed by atoms with van der Waals surface area (Å²) in [7, 11) is 4.16. The summed E-state index contributed by atoms with van der Waals surface area (Å²) in [6.45, 7) is 8.74. The van der Waals surface area contributed by atoms with Crippen molar-refractivity contribution in [3.8, 4) is 5.75 Å². The maximum atomic E-state index is 5.79. The Hall–Kier alpha value is -1.40. The van der Waals surface area contributed by atoms with Crippen LogP contribution in [0.3, 0.4) is 0 Å². The molecule has 1 aromatic rings. The zero-order valence-corrected chi connectivity index (χ0v) is 18.2. The van der Waals surface area contributed by atoms with Gasteiger partial charge in [0.25, 0.3) is 0 Å². The minimum Gasteiger partial charge on any atom is -0.494 e. The molecule has 1 atom stereocenters. The van der Waals surface area contributed by atoms with E-state index in [1.165, 1.54) is 24.2 Å². The Labute approximate surface area is 169 Å². The van der Waals surface area contributed by atoms with Crippen LogP contribution in [0.1, 0.15) is 38.7 Å². The second-order valence-corrected chi connectivity index (χ2v) is 9.28. The molecule has 5 nitrogen and oxygen atoms in total. The molecule has 6 heteroatoms. The average Bonchev–Trinajstić information content (AvgIpc) is 3.09. The van der Waals surface area contributed by atoms with E-state index in [9.17, 15) is 0 Å². The van der Waals surface area contributed by atoms with Crippen molar-refractivity contribution in [2.75, 3.05) is 46.1 Å². The van der Waals surface area contributed by atoms with Crippen molar-refractivity contribution in [2.24, 2.45) is 4.99 Å². The first kappa shape index (κ1) is 21.9. The molecule has 2 N–H and O–H groups in total. The van der Waals surface area contributed by atoms with Crippen molar-refractivity contribution >= 4 is 17.7 Å². The van der Waals surface area contributed by atoms with E-state index < -0.39 is 0 Å². The Morgan fingerprint density at radius 2 is 2.04 bits per heavy atom. The van der Waals surface area contributed by atoms with Gasteiger partial charge in [0.15, 0.2) is 5.96 Å². The first-order chi connectivity index (χ1) is 13.0. The van der Waals surface area contributed by atoms with Gasteiger partial charge in [-0.1, -0.05) is 12.1 Å². The predicted octanol–water partition coefficient (Wildman–Crippen LogP) is 3.36. The zero-order valence-electron chi connectivity index (χ0n) is 17.4. The molecule has 0 spiro atoms. The highest BCUT2D eigenvalue weighted by Gasteiger charge is 2.29. The molecule has 27 heavy (non-hydrogen) atoms. The van der Waals surface area contributed by atoms with Crippen molar-refractivity contribution in [1.82, 2.24) is 15.5 Å². The number of nitrogens with one attached hydrogen (secondary N) is 2. The molecule has 0 amide bonds. The number of benzene rings is 1. The Kier molecular flexibility index (Phi) is 9.28. The third-order valence-corrected chi connectivity index (χ3v) is 6.17. The molecule has 0 saturated carbocycles. The van der Waals surface area contributed by atoms with Gasteiger partial charge in [0.1, 0.15) is 5.75 Å². The number of hydrogen-bond donors (Lipinski definition) is 2. The Bertz CT molecular complexity index is 568. The van der Waals surface area contributed by atoms with Gasteiger partial charge in [-0.2, -0.15) is 11.8 Å². The topological polar surface area (TPSA) is 48.9 Å². The fourth-order valence-corrected chi connectivity index (χ4v) is 4.27. The number of ether oxygens (including phenoxy) is 1. The average molecular weight is 393 g/mol. The van der Waals surface area contributed by atoms with Crippen molar-refractivity contribution in [3.05, 3.63) is 29.8 Å². The molecule has 0 radical (unpaired) electrons. The maximum Gasteiger partial charge on any atom is 0.191 e. The predicted molar refractivity (Wildman–Crippen MR) is 118 cm³/mol. The molecular formula is C21H36N4OS. The molecule has 1 saturated heterocycles. The van der Waals surface area contributed by atoms with Gasteiger partial charge in [-0.05, 0) is 70.7 Å². The van der Waals surface area contributed by atoms with E-state index in [0.717, 1.165) is 44.4 Å². The third kappa shape index (κ3) is 8.43. The van der Waals surface area contributed by atoms with E-state index in [1.807, 2.05) is 12.1 Å². The van der Waals surface area contributed by atoms with E-state index in [1.54, 1.807) is 0 Å². The van der Waals surface area contributed by atoms with Gasteiger partial charge in [-0.25, -0.2) is 4.99 Å². The first-order valence-electron chi connectivity index (χ1n) is 10.0. The van der Waals surface area contributed by atoms with Gasteiger partial charge in [0.2, 0.25) is 0 Å². The lowest BCUT2D eigenvalue weighted by Gasteiger charge is -2.24. The van der Waals surface area contributed by atoms with E-state index >= 15 is 0 Å². The summed E-state index contributed by atoms with van der Waals surface area (Å²) in [5, 5.41) is 6.87. The Morgan fingerprint density at radius 1 is 1.26 bits per heavy atom. The van der Waals surface area contributed by atoms with Gasteiger partial charge in [-0.15, -0.1) is 0 Å². The normalized spacial score (nSPS) is 20.1. The van der Waals surface area contributed by atoms with Crippen LogP contribution >= 0.6 is 11.8 Å². The molecule has 0 aliphatic carbocycles. The minimum atomic E-state index is 0.335. The summed E-state index contributed by atoms with van der Waals surface area (Å²) in [5.41, 5.74) is 1.19. The molecule has 2 rings (SSSR count). The van der Waals surface area contributed by atoms with Crippen molar-refractivity contribution in [3.63, 3.8) is 0 Å². The summed E-state index contributed by atoms with van der Waals surface area (Å²) in [6, 6.07) is 8.28. The van der Waals surface area contributed by atoms with Crippen LogP contribution in [0.25, 0.3) is 0 Å². The zero-order chi connectivity index (χ0) is 19.5. The molecule has 1 aliphatic rings. The maximum absolute atomic E-state index is 5.79. The van der Waals surface area contributed by atoms with Gasteiger partial charge >= 0.3 is 0 Å². The summed E-state index contributed by atoms with van der Waals surface area (Å²) in [6.07, 6.45) is 3.63. The van der Waals surface area contributed by atoms with Crippen LogP contribution in [-0.4, -0.2) is 61.7 Å². The molecule has 152 valence electrons. The highest BCUT2D eigenvalue weighted by Crippen LogP contribution is 2.36. The van der Waals surface area contributed by atoms with Crippen molar-refractivity contribution < 1.29 is 4.74 Å². The van der Waals surface area contributed by atoms with E-state index in [4.69, 9.17) is 9.73 Å². The number of guanidine groups is 1. The van der Waals surface area contributed by atoms with Gasteiger partial charge in [0, 0.05) is 24.4 Å². The monoisotopic (exact) mass is 392 g/mol. The lowest BCUT2D eigenvalue weighted by Crippen LogP contribution is -2.43. The molecule has 1 aliphatic heterocycles. The largest absolute Gasteiger partial charge is 0.494 e. The van der Waals surface area contributed by atoms with E-state index in [2.05, 4.69) is 67.4 Å². The molecule has 0 bridgehead atoms. The second kappa shape index (κ2) is 11.4. The Balaban J connectivity index is 1.80. The fraction of sp³-hybridized carbons (Fsp3) is 0.667. The molecule has 1 heterocycles. The number of nitrogens with zero attached hydrogens (tertiary/aromatic N) is 2. The second-order valence-electron chi connectivity index (χ2n) is 7.60. The molecule has 1 aromatic carbocycles. The number of rotatable bonds is 10. The smallest absolute Gasteiger partial charge is 0.191 e. The lowest BCUT2D eigenvalue weighted by atomic mass is 10.1. The van der Waals surface area contributed by atoms with Crippen LogP contribution < -0.4 is 15.4 Å². The Morgan fingerprint density at radius 3 is 2.67 bits per heavy atom. The number of aliphatic imine (C=N–C) groups is 1. The standard InChI is InChI=1S/C21H36N4OS/c1-5-22-20(24-17-21(2)12-6-15-27-21)23-16-18-8-10-19(11-9-18)26-14-7-13-25(3)4/h8-11H,5-7,12-17H2,1-4H3,(H2,22,23,24). The van der Waals surface area contributed by atoms with Crippen molar-refractivity contribution in [2.45, 2.75) is 44.4 Å². The minimum absolute atomic E-state index is 0.335. The van der Waals surface area contributed by atoms with Gasteiger partial charge < -0.3 is 20.3 Å². The third-order valence-electron chi connectivity index (χ3n) is 4.64. The van der Waals surface area contributed by atoms with E-state index in [-0.39, 0.29) is 0 Å². The van der Waals surface area contributed by atoms with Gasteiger partial charge in [0.05, 0.1) is 13.2 Å². The molecule has 1 unspecified atom stereocenters. The van der Waals surface area contributed by atoms with E-state index in [0.29, 0.717) is 11.3 Å². The highest BCUT2D eigenvalue weighted by molar-refractivity contribution is 8.00.